The Bertz CT molecular complexity index is 329. The second-order valence-corrected chi connectivity index (χ2v) is 5.08. The average Bonchev–Trinajstić information content (AvgIpc) is 2.57. The summed E-state index contributed by atoms with van der Waals surface area (Å²) in [6.07, 6.45) is -2.08. The van der Waals surface area contributed by atoms with Gasteiger partial charge in [-0.3, -0.25) is 4.79 Å². The van der Waals surface area contributed by atoms with Crippen molar-refractivity contribution in [1.29, 1.82) is 0 Å². The molecule has 104 valence electrons. The molecule has 6 nitrogen and oxygen atoms in total. The molecule has 0 saturated carbocycles. The molecule has 0 aliphatic carbocycles. The number of hydrogen-bond donors (Lipinski definition) is 0. The van der Waals surface area contributed by atoms with Gasteiger partial charge in [0.2, 0.25) is 0 Å². The molecule has 6 heteroatoms. The molecule has 2 rings (SSSR count). The summed E-state index contributed by atoms with van der Waals surface area (Å²) in [5, 5.41) is 0. The molecule has 0 aromatic rings. The van der Waals surface area contributed by atoms with Crippen LogP contribution in [0.1, 0.15) is 27.7 Å². The van der Waals surface area contributed by atoms with E-state index >= 15 is 0 Å². The summed E-state index contributed by atoms with van der Waals surface area (Å²) >= 11 is 0. The van der Waals surface area contributed by atoms with Crippen molar-refractivity contribution in [3.05, 3.63) is 0 Å². The molecule has 0 aromatic carbocycles. The quantitative estimate of drug-likeness (QED) is 0.685. The number of ether oxygens (including phenoxy) is 5. The fourth-order valence-corrected chi connectivity index (χ4v) is 2.46. The second-order valence-electron chi connectivity index (χ2n) is 5.08. The van der Waals surface area contributed by atoms with Gasteiger partial charge < -0.3 is 23.7 Å². The van der Waals surface area contributed by atoms with Gasteiger partial charge in [0.25, 0.3) is 0 Å². The highest BCUT2D eigenvalue weighted by molar-refractivity contribution is 5.66. The number of carbonyl (C=O) groups excluding carboxylic acids is 1. The molecule has 0 aromatic heterocycles. The standard InChI is InChI=1S/C12H20O6/c1-6-8(16-7(2)13)9-10(11(14-5)15-6)18-12(3,4)17-9/h6,8-11H,1-5H3/t6-,8+,9-,10-,11-/m1/s1. The van der Waals surface area contributed by atoms with E-state index in [0.717, 1.165) is 0 Å². The summed E-state index contributed by atoms with van der Waals surface area (Å²) in [6, 6.07) is 0. The van der Waals surface area contributed by atoms with Gasteiger partial charge >= 0.3 is 5.97 Å². The Morgan fingerprint density at radius 2 is 1.83 bits per heavy atom. The summed E-state index contributed by atoms with van der Waals surface area (Å²) < 4.78 is 27.7. The topological polar surface area (TPSA) is 63.2 Å². The molecule has 0 radical (unpaired) electrons. The third kappa shape index (κ3) is 2.51. The Hall–Kier alpha value is -0.690. The van der Waals surface area contributed by atoms with Crippen LogP contribution < -0.4 is 0 Å². The van der Waals surface area contributed by atoms with E-state index in [9.17, 15) is 4.79 Å². The molecule has 18 heavy (non-hydrogen) atoms. The first-order valence-corrected chi connectivity index (χ1v) is 6.05. The second kappa shape index (κ2) is 4.77. The third-order valence-electron chi connectivity index (χ3n) is 3.10. The predicted octanol–water partition coefficient (Wildman–Crippen LogP) is 0.829. The lowest BCUT2D eigenvalue weighted by atomic mass is 10.00. The van der Waals surface area contributed by atoms with E-state index in [2.05, 4.69) is 0 Å². The Morgan fingerprint density at radius 1 is 1.22 bits per heavy atom. The Morgan fingerprint density at radius 3 is 2.39 bits per heavy atom. The number of rotatable bonds is 2. The van der Waals surface area contributed by atoms with Crippen LogP contribution in [0.4, 0.5) is 0 Å². The molecule has 2 aliphatic rings. The third-order valence-corrected chi connectivity index (χ3v) is 3.10. The molecule has 2 saturated heterocycles. The fourth-order valence-electron chi connectivity index (χ4n) is 2.46. The van der Waals surface area contributed by atoms with Crippen LogP contribution >= 0.6 is 0 Å². The van der Waals surface area contributed by atoms with Crippen LogP contribution in [0.25, 0.3) is 0 Å². The maximum Gasteiger partial charge on any atom is 0.303 e. The Labute approximate surface area is 106 Å². The zero-order valence-electron chi connectivity index (χ0n) is 11.3. The highest BCUT2D eigenvalue weighted by Gasteiger charge is 2.55. The van der Waals surface area contributed by atoms with E-state index < -0.39 is 24.3 Å². The minimum Gasteiger partial charge on any atom is -0.457 e. The van der Waals surface area contributed by atoms with Crippen LogP contribution in [0.2, 0.25) is 0 Å². The van der Waals surface area contributed by atoms with E-state index in [0.29, 0.717) is 0 Å². The van der Waals surface area contributed by atoms with Gasteiger partial charge in [0.1, 0.15) is 12.2 Å². The first-order valence-electron chi connectivity index (χ1n) is 6.05. The van der Waals surface area contributed by atoms with Crippen molar-refractivity contribution >= 4 is 5.97 Å². The molecule has 0 unspecified atom stereocenters. The minimum atomic E-state index is -0.738. The zero-order valence-corrected chi connectivity index (χ0v) is 11.3. The Kier molecular flexibility index (Phi) is 3.64. The summed E-state index contributed by atoms with van der Waals surface area (Å²) in [6.45, 7) is 6.82. The van der Waals surface area contributed by atoms with Crippen molar-refractivity contribution in [2.75, 3.05) is 7.11 Å². The van der Waals surface area contributed by atoms with E-state index in [1.807, 2.05) is 20.8 Å². The largest absolute Gasteiger partial charge is 0.457 e. The smallest absolute Gasteiger partial charge is 0.303 e. The molecular formula is C12H20O6. The van der Waals surface area contributed by atoms with Gasteiger partial charge in [0.15, 0.2) is 18.2 Å². The van der Waals surface area contributed by atoms with Gasteiger partial charge in [-0.15, -0.1) is 0 Å². The maximum atomic E-state index is 11.2. The lowest BCUT2D eigenvalue weighted by molar-refractivity contribution is -0.266. The lowest BCUT2D eigenvalue weighted by Gasteiger charge is -2.39. The maximum absolute atomic E-state index is 11.2. The number of fused-ring (bicyclic) bond motifs is 1. The molecular weight excluding hydrogens is 240 g/mol. The van der Waals surface area contributed by atoms with Gasteiger partial charge in [-0.2, -0.15) is 0 Å². The number of hydrogen-bond acceptors (Lipinski definition) is 6. The van der Waals surface area contributed by atoms with Crippen LogP contribution in [-0.2, 0) is 28.5 Å². The fraction of sp³-hybridized carbons (Fsp3) is 0.917. The summed E-state index contributed by atoms with van der Waals surface area (Å²) in [5.74, 6) is -1.10. The van der Waals surface area contributed by atoms with Gasteiger partial charge in [0.05, 0.1) is 6.10 Å². The van der Waals surface area contributed by atoms with Crippen molar-refractivity contribution in [3.8, 4) is 0 Å². The summed E-state index contributed by atoms with van der Waals surface area (Å²) in [7, 11) is 1.55. The summed E-state index contributed by atoms with van der Waals surface area (Å²) in [4.78, 5) is 11.2. The molecule has 0 spiro atoms. The highest BCUT2D eigenvalue weighted by Crippen LogP contribution is 2.38. The minimum absolute atomic E-state index is 0.308. The monoisotopic (exact) mass is 260 g/mol. The number of esters is 1. The normalized spacial score (nSPS) is 42.4. The van der Waals surface area contributed by atoms with Crippen molar-refractivity contribution in [3.63, 3.8) is 0 Å². The van der Waals surface area contributed by atoms with Gasteiger partial charge in [-0.1, -0.05) is 0 Å². The zero-order chi connectivity index (χ0) is 13.5. The van der Waals surface area contributed by atoms with Crippen LogP contribution in [0, 0.1) is 0 Å². The van der Waals surface area contributed by atoms with Crippen LogP contribution in [0.15, 0.2) is 0 Å². The molecule has 0 bridgehead atoms. The van der Waals surface area contributed by atoms with Gasteiger partial charge in [-0.25, -0.2) is 0 Å². The SMILES string of the molecule is CO[C@@H]1O[C@H](C)[C@H](OC(C)=O)[C@H]2OC(C)(C)O[C@@H]12. The van der Waals surface area contributed by atoms with Crippen molar-refractivity contribution in [2.45, 2.75) is 64.2 Å². The molecule has 0 amide bonds. The van der Waals surface area contributed by atoms with Crippen LogP contribution in [0.5, 0.6) is 0 Å². The van der Waals surface area contributed by atoms with E-state index in [-0.39, 0.29) is 18.2 Å². The van der Waals surface area contributed by atoms with Crippen LogP contribution in [0.3, 0.4) is 0 Å². The van der Waals surface area contributed by atoms with Crippen molar-refractivity contribution < 1.29 is 28.5 Å². The lowest BCUT2D eigenvalue weighted by Crippen LogP contribution is -2.57. The molecule has 0 N–H and O–H groups in total. The number of methoxy groups -OCH3 is 1. The van der Waals surface area contributed by atoms with Gasteiger partial charge in [0, 0.05) is 14.0 Å². The predicted molar refractivity (Wildman–Crippen MR) is 60.7 cm³/mol. The average molecular weight is 260 g/mol. The van der Waals surface area contributed by atoms with E-state index in [1.54, 1.807) is 7.11 Å². The Balaban J connectivity index is 2.20. The number of carbonyl (C=O) groups is 1. The highest BCUT2D eigenvalue weighted by atomic mass is 16.8. The van der Waals surface area contributed by atoms with Crippen LogP contribution in [-0.4, -0.2) is 49.6 Å². The molecule has 5 atom stereocenters. The molecule has 2 heterocycles. The molecule has 2 aliphatic heterocycles. The molecule has 2 fully saturated rings. The van der Waals surface area contributed by atoms with Gasteiger partial charge in [-0.05, 0) is 20.8 Å². The first kappa shape index (κ1) is 13.7. The van der Waals surface area contributed by atoms with Crippen molar-refractivity contribution in [2.24, 2.45) is 0 Å². The van der Waals surface area contributed by atoms with E-state index in [4.69, 9.17) is 23.7 Å². The summed E-state index contributed by atoms with van der Waals surface area (Å²) in [5.41, 5.74) is 0. The van der Waals surface area contributed by atoms with E-state index in [1.165, 1.54) is 6.92 Å². The first-order chi connectivity index (χ1) is 8.34. The van der Waals surface area contributed by atoms with Crippen molar-refractivity contribution in [1.82, 2.24) is 0 Å².